The summed E-state index contributed by atoms with van der Waals surface area (Å²) in [5.74, 6) is -0.458. The predicted octanol–water partition coefficient (Wildman–Crippen LogP) is 4.62. The highest BCUT2D eigenvalue weighted by molar-refractivity contribution is 7.92. The van der Waals surface area contributed by atoms with Gasteiger partial charge in [-0.3, -0.25) is 14.9 Å². The maximum absolute atomic E-state index is 13.4. The highest BCUT2D eigenvalue weighted by Gasteiger charge is 2.24. The highest BCUT2D eigenvalue weighted by Crippen LogP contribution is 2.23. The van der Waals surface area contributed by atoms with Crippen molar-refractivity contribution in [2.75, 3.05) is 11.3 Å². The summed E-state index contributed by atoms with van der Waals surface area (Å²) < 4.78 is 52.8. The van der Waals surface area contributed by atoms with Crippen molar-refractivity contribution in [3.8, 4) is 11.4 Å². The molecule has 0 saturated heterocycles. The Labute approximate surface area is 250 Å². The van der Waals surface area contributed by atoms with Gasteiger partial charge in [0, 0.05) is 24.2 Å². The number of carbonyl (C=O) groups excluding carboxylic acids is 1. The lowest BCUT2D eigenvalue weighted by Gasteiger charge is -2.24. The van der Waals surface area contributed by atoms with E-state index in [1.54, 1.807) is 57.2 Å². The van der Waals surface area contributed by atoms with Crippen molar-refractivity contribution in [3.63, 3.8) is 0 Å². The third kappa shape index (κ3) is 8.53. The first kappa shape index (κ1) is 31.5. The van der Waals surface area contributed by atoms with Crippen molar-refractivity contribution in [1.29, 1.82) is 0 Å². The Morgan fingerprint density at radius 2 is 1.67 bits per heavy atom. The molecule has 0 spiro atoms. The van der Waals surface area contributed by atoms with Crippen LogP contribution in [0.2, 0.25) is 0 Å². The van der Waals surface area contributed by atoms with Gasteiger partial charge in [0.25, 0.3) is 15.7 Å². The number of anilines is 1. The molecule has 0 amide bonds. The molecular formula is C28H29N5O8S2. The van der Waals surface area contributed by atoms with Crippen LogP contribution < -0.4 is 4.72 Å². The molecule has 1 atom stereocenters. The number of hydrogen-bond acceptors (Lipinski definition) is 10. The fourth-order valence-electron chi connectivity index (χ4n) is 3.76. The van der Waals surface area contributed by atoms with Crippen LogP contribution >= 0.6 is 0 Å². The molecule has 1 N–H and O–H groups in total. The number of nitrogens with one attached hydrogen (secondary N) is 1. The molecular weight excluding hydrogens is 598 g/mol. The summed E-state index contributed by atoms with van der Waals surface area (Å²) in [6.45, 7) is 6.76. The van der Waals surface area contributed by atoms with Gasteiger partial charge >= 0.3 is 12.0 Å². The minimum absolute atomic E-state index is 0.0456. The number of ether oxygens (including phenoxy) is 1. The number of sulfonamides is 1. The molecule has 1 unspecified atom stereocenters. The molecule has 3 aromatic carbocycles. The van der Waals surface area contributed by atoms with E-state index in [2.05, 4.69) is 14.9 Å². The van der Waals surface area contributed by atoms with E-state index in [0.717, 1.165) is 5.56 Å². The molecule has 15 heteroatoms. The number of benzene rings is 3. The van der Waals surface area contributed by atoms with E-state index in [-0.39, 0.29) is 40.4 Å². The zero-order chi connectivity index (χ0) is 31.4. The van der Waals surface area contributed by atoms with Crippen LogP contribution in [0.1, 0.15) is 31.9 Å². The topological polar surface area (TPSA) is 175 Å². The molecule has 226 valence electrons. The summed E-state index contributed by atoms with van der Waals surface area (Å²) in [5, 5.41) is 14.9. The van der Waals surface area contributed by atoms with Gasteiger partial charge in [0.05, 0.1) is 14.7 Å². The lowest BCUT2D eigenvalue weighted by Crippen LogP contribution is -2.35. The second kappa shape index (κ2) is 12.8. The van der Waals surface area contributed by atoms with Crippen LogP contribution in [0.25, 0.3) is 11.4 Å². The molecule has 1 aromatic heterocycles. The average Bonchev–Trinajstić information content (AvgIpc) is 3.39. The van der Waals surface area contributed by atoms with Crippen molar-refractivity contribution in [1.82, 2.24) is 14.4 Å². The fraction of sp³-hybridized carbons (Fsp3) is 0.250. The Kier molecular flexibility index (Phi) is 9.37. The number of non-ortho nitro benzene ring substituents is 1. The van der Waals surface area contributed by atoms with E-state index in [0.29, 0.717) is 11.1 Å². The first-order chi connectivity index (χ1) is 20.2. The Hall–Kier alpha value is -4.47. The van der Waals surface area contributed by atoms with Gasteiger partial charge in [0.15, 0.2) is 0 Å². The zero-order valence-electron chi connectivity index (χ0n) is 23.7. The van der Waals surface area contributed by atoms with Crippen molar-refractivity contribution in [3.05, 3.63) is 94.0 Å². The van der Waals surface area contributed by atoms with E-state index in [4.69, 9.17) is 9.26 Å². The van der Waals surface area contributed by atoms with Crippen LogP contribution in [0, 0.1) is 17.0 Å². The number of aryl methyl sites for hydroxylation is 1. The number of hydrogen-bond donors (Lipinski definition) is 1. The van der Waals surface area contributed by atoms with E-state index >= 15 is 0 Å². The van der Waals surface area contributed by atoms with Crippen LogP contribution in [-0.4, -0.2) is 50.1 Å². The number of esters is 1. The second-order valence-electron chi connectivity index (χ2n) is 10.4. The van der Waals surface area contributed by atoms with Gasteiger partial charge in [-0.05, 0) is 57.5 Å². The fourth-order valence-corrected chi connectivity index (χ4v) is 5.84. The predicted molar refractivity (Wildman–Crippen MR) is 157 cm³/mol. The van der Waals surface area contributed by atoms with Crippen LogP contribution in [0.4, 0.5) is 11.7 Å². The molecule has 0 saturated carbocycles. The maximum atomic E-state index is 13.4. The van der Waals surface area contributed by atoms with Crippen molar-refractivity contribution in [2.45, 2.75) is 49.6 Å². The molecule has 0 aliphatic heterocycles. The zero-order valence-corrected chi connectivity index (χ0v) is 25.3. The summed E-state index contributed by atoms with van der Waals surface area (Å²) in [7, 11) is -5.78. The van der Waals surface area contributed by atoms with Gasteiger partial charge in [0.2, 0.25) is 5.82 Å². The number of nitrogens with zero attached hydrogens (tertiary/aromatic N) is 4. The molecule has 43 heavy (non-hydrogen) atoms. The normalized spacial score (nSPS) is 12.6. The Balaban J connectivity index is 1.50. The minimum Gasteiger partial charge on any atom is -0.459 e. The largest absolute Gasteiger partial charge is 0.459 e. The third-order valence-electron chi connectivity index (χ3n) is 5.76. The van der Waals surface area contributed by atoms with Crippen molar-refractivity contribution < 1.29 is 31.6 Å². The molecule has 4 rings (SSSR count). The number of rotatable bonds is 11. The summed E-state index contributed by atoms with van der Waals surface area (Å²) in [4.78, 5) is 27.5. The van der Waals surface area contributed by atoms with E-state index in [1.807, 2.05) is 6.92 Å². The molecule has 0 aliphatic carbocycles. The van der Waals surface area contributed by atoms with Gasteiger partial charge in [-0.25, -0.2) is 21.7 Å². The lowest BCUT2D eigenvalue weighted by molar-refractivity contribution is -0.384. The number of carbonyl (C=O) groups is 1. The first-order valence-corrected chi connectivity index (χ1v) is 15.4. The third-order valence-corrected chi connectivity index (χ3v) is 8.50. The van der Waals surface area contributed by atoms with Crippen molar-refractivity contribution >= 4 is 38.7 Å². The quantitative estimate of drug-likeness (QED) is 0.140. The van der Waals surface area contributed by atoms with Gasteiger partial charge in [-0.2, -0.15) is 4.98 Å². The summed E-state index contributed by atoms with van der Waals surface area (Å²) in [6.07, 6.45) is 0. The lowest BCUT2D eigenvalue weighted by atomic mass is 10.1. The van der Waals surface area contributed by atoms with Crippen LogP contribution in [0.15, 0.2) is 87.1 Å². The second-order valence-corrected chi connectivity index (χ2v) is 13.6. The monoisotopic (exact) mass is 627 g/mol. The average molecular weight is 628 g/mol. The number of nitro benzene ring substituents is 1. The summed E-state index contributed by atoms with van der Waals surface area (Å²) >= 11 is 0. The summed E-state index contributed by atoms with van der Waals surface area (Å²) in [5.41, 5.74) is 1.20. The molecule has 0 radical (unpaired) electrons. The molecule has 13 nitrogen and oxygen atoms in total. The molecule has 0 fully saturated rings. The van der Waals surface area contributed by atoms with E-state index in [9.17, 15) is 27.5 Å². The van der Waals surface area contributed by atoms with Gasteiger partial charge < -0.3 is 9.26 Å². The maximum Gasteiger partial charge on any atom is 0.335 e. The van der Waals surface area contributed by atoms with E-state index in [1.165, 1.54) is 40.7 Å². The molecule has 1 heterocycles. The van der Waals surface area contributed by atoms with Crippen LogP contribution in [0.5, 0.6) is 0 Å². The van der Waals surface area contributed by atoms with Crippen molar-refractivity contribution in [2.24, 2.45) is 0 Å². The standard InChI is InChI=1S/C28H29N5O8S2/c1-19-5-15-24(16-6-19)43(38,39)31-27-29-26(30-41-27)21-9-7-20(8-10-21)17-32(18-25(34)40-28(2,3)4)42(37)23-13-11-22(12-14-23)33(35)36/h5-16H,17-18H2,1-4H3,(H,29,30,31). The minimum atomic E-state index is -3.93. The highest BCUT2D eigenvalue weighted by atomic mass is 32.2. The number of aromatic nitrogens is 2. The Morgan fingerprint density at radius 1 is 1.05 bits per heavy atom. The number of nitro groups is 1. The van der Waals surface area contributed by atoms with E-state index < -0.39 is 37.5 Å². The Bertz CT molecular complexity index is 1730. The van der Waals surface area contributed by atoms with Gasteiger partial charge in [0.1, 0.15) is 23.1 Å². The molecule has 4 aromatic rings. The van der Waals surface area contributed by atoms with Gasteiger partial charge in [-0.15, -0.1) is 0 Å². The summed E-state index contributed by atoms with van der Waals surface area (Å²) in [6, 6.07) is 18.0. The SMILES string of the molecule is Cc1ccc(S(=O)(=O)Nc2nc(-c3ccc(CN(CC(=O)OC(C)(C)C)S(=O)c4ccc([N+](=O)[O-])cc4)cc3)no2)cc1. The smallest absolute Gasteiger partial charge is 0.335 e. The van der Waals surface area contributed by atoms with Gasteiger partial charge in [-0.1, -0.05) is 47.1 Å². The Morgan fingerprint density at radius 3 is 2.26 bits per heavy atom. The first-order valence-electron chi connectivity index (χ1n) is 12.9. The van der Waals surface area contributed by atoms with Crippen LogP contribution in [-0.2, 0) is 37.1 Å². The molecule has 0 aliphatic rings. The molecule has 0 bridgehead atoms. The van der Waals surface area contributed by atoms with Crippen LogP contribution in [0.3, 0.4) is 0 Å².